The van der Waals surface area contributed by atoms with Crippen LogP contribution in [-0.4, -0.2) is 41.6 Å². The molecule has 166 valence electrons. The lowest BCUT2D eigenvalue weighted by molar-refractivity contribution is 0.399. The second-order valence-corrected chi connectivity index (χ2v) is 8.83. The molecule has 10 heteroatoms. The van der Waals surface area contributed by atoms with Crippen LogP contribution in [0.25, 0.3) is 11.0 Å². The van der Waals surface area contributed by atoms with Gasteiger partial charge < -0.3 is 14.1 Å². The Hall–Kier alpha value is -2.95. The smallest absolute Gasteiger partial charge is 0.340 e. The number of ether oxygens (including phenoxy) is 1. The van der Waals surface area contributed by atoms with E-state index < -0.39 is 21.7 Å². The topological polar surface area (TPSA) is 101 Å². The van der Waals surface area contributed by atoms with Crippen LogP contribution in [0.1, 0.15) is 16.7 Å². The van der Waals surface area contributed by atoms with Crippen LogP contribution in [0.2, 0.25) is 0 Å². The summed E-state index contributed by atoms with van der Waals surface area (Å²) in [6.45, 7) is 0.428. The molecule has 3 aromatic rings. The summed E-state index contributed by atoms with van der Waals surface area (Å²) in [5.41, 5.74) is 0.755. The number of methoxy groups -OCH3 is 1. The van der Waals surface area contributed by atoms with Crippen LogP contribution in [0, 0.1) is 5.82 Å². The highest BCUT2D eigenvalue weighted by molar-refractivity contribution is 7.90. The summed E-state index contributed by atoms with van der Waals surface area (Å²) < 4.78 is 53.4. The fraction of sp³-hybridized carbons (Fsp3) is 0.286. The van der Waals surface area contributed by atoms with Crippen LogP contribution in [-0.2, 0) is 23.2 Å². The van der Waals surface area contributed by atoms with E-state index in [-0.39, 0.29) is 17.7 Å². The highest BCUT2D eigenvalue weighted by Gasteiger charge is 2.20. The fourth-order valence-electron chi connectivity index (χ4n) is 3.27. The summed E-state index contributed by atoms with van der Waals surface area (Å²) in [5.74, 6) is -0.207. The number of benzene rings is 2. The SMILES string of the molecule is CNS(=O)(=O)Nc1cccc(Cc2c(CN(C)C)c3ccc(OC)cc3oc2=O)c1F. The molecule has 0 saturated heterocycles. The zero-order valence-corrected chi connectivity index (χ0v) is 18.5. The normalized spacial score (nSPS) is 11.8. The molecule has 0 aliphatic heterocycles. The Morgan fingerprint density at radius 3 is 2.55 bits per heavy atom. The van der Waals surface area contributed by atoms with Gasteiger partial charge in [0, 0.05) is 37.0 Å². The van der Waals surface area contributed by atoms with Crippen molar-refractivity contribution in [2.75, 3.05) is 33.0 Å². The summed E-state index contributed by atoms with van der Waals surface area (Å²) in [6.07, 6.45) is -0.0611. The van der Waals surface area contributed by atoms with Crippen molar-refractivity contribution in [2.24, 2.45) is 0 Å². The van der Waals surface area contributed by atoms with Gasteiger partial charge in [0.2, 0.25) is 0 Å². The molecular formula is C21H24FN3O5S. The van der Waals surface area contributed by atoms with E-state index in [1.165, 1.54) is 32.4 Å². The zero-order chi connectivity index (χ0) is 22.8. The van der Waals surface area contributed by atoms with Gasteiger partial charge in [0.25, 0.3) is 10.2 Å². The van der Waals surface area contributed by atoms with Crippen molar-refractivity contribution in [3.05, 3.63) is 69.3 Å². The third kappa shape index (κ3) is 5.04. The molecule has 1 aromatic heterocycles. The van der Waals surface area contributed by atoms with Gasteiger partial charge in [0.05, 0.1) is 12.8 Å². The van der Waals surface area contributed by atoms with Crippen molar-refractivity contribution in [2.45, 2.75) is 13.0 Å². The summed E-state index contributed by atoms with van der Waals surface area (Å²) in [4.78, 5) is 14.7. The summed E-state index contributed by atoms with van der Waals surface area (Å²) in [5, 5.41) is 0.719. The molecule has 0 spiro atoms. The number of anilines is 1. The average molecular weight is 450 g/mol. The van der Waals surface area contributed by atoms with Gasteiger partial charge in [-0.05, 0) is 43.4 Å². The number of halogens is 1. The van der Waals surface area contributed by atoms with E-state index in [0.29, 0.717) is 29.0 Å². The first kappa shape index (κ1) is 22.7. The van der Waals surface area contributed by atoms with E-state index in [1.807, 2.05) is 19.0 Å². The van der Waals surface area contributed by atoms with Gasteiger partial charge in [-0.15, -0.1) is 0 Å². The van der Waals surface area contributed by atoms with Crippen molar-refractivity contribution in [1.82, 2.24) is 9.62 Å². The maximum absolute atomic E-state index is 15.0. The first-order valence-corrected chi connectivity index (χ1v) is 10.9. The lowest BCUT2D eigenvalue weighted by atomic mass is 9.97. The Labute approximate surface area is 179 Å². The van der Waals surface area contributed by atoms with Crippen LogP contribution >= 0.6 is 0 Å². The molecule has 0 radical (unpaired) electrons. The molecule has 0 aliphatic rings. The lowest BCUT2D eigenvalue weighted by Gasteiger charge is -2.17. The molecule has 0 unspecified atom stereocenters. The monoisotopic (exact) mass is 449 g/mol. The van der Waals surface area contributed by atoms with Crippen LogP contribution < -0.4 is 19.8 Å². The Kier molecular flexibility index (Phi) is 6.63. The summed E-state index contributed by atoms with van der Waals surface area (Å²) >= 11 is 0. The maximum atomic E-state index is 15.0. The minimum absolute atomic E-state index is 0.0611. The third-order valence-corrected chi connectivity index (χ3v) is 5.79. The van der Waals surface area contributed by atoms with Crippen molar-refractivity contribution < 1.29 is 22.0 Å². The Morgan fingerprint density at radius 2 is 1.90 bits per heavy atom. The minimum Gasteiger partial charge on any atom is -0.497 e. The molecule has 2 N–H and O–H groups in total. The number of hydrogen-bond donors (Lipinski definition) is 2. The maximum Gasteiger partial charge on any atom is 0.340 e. The fourth-order valence-corrected chi connectivity index (χ4v) is 3.82. The van der Waals surface area contributed by atoms with E-state index >= 15 is 4.39 Å². The second kappa shape index (κ2) is 9.04. The van der Waals surface area contributed by atoms with E-state index in [9.17, 15) is 13.2 Å². The number of nitrogens with zero attached hydrogens (tertiary/aromatic N) is 1. The Bertz CT molecular complexity index is 1270. The van der Waals surface area contributed by atoms with E-state index in [2.05, 4.69) is 9.44 Å². The molecule has 31 heavy (non-hydrogen) atoms. The van der Waals surface area contributed by atoms with Gasteiger partial charge in [-0.25, -0.2) is 13.9 Å². The minimum atomic E-state index is -3.89. The summed E-state index contributed by atoms with van der Waals surface area (Å²) in [7, 11) is 2.57. The standard InChI is InChI=1S/C21H24FN3O5S/c1-23-31(27,28)24-18-7-5-6-13(20(18)22)10-16-17(12-25(2)3)15-9-8-14(29-4)11-19(15)30-21(16)26/h5-9,11,23-24H,10,12H2,1-4H3. The van der Waals surface area contributed by atoms with Crippen molar-refractivity contribution >= 4 is 26.9 Å². The predicted octanol–water partition coefficient (Wildman–Crippen LogP) is 2.47. The molecule has 0 atom stereocenters. The highest BCUT2D eigenvalue weighted by atomic mass is 32.2. The van der Waals surface area contributed by atoms with Crippen LogP contribution in [0.15, 0.2) is 45.6 Å². The molecule has 3 rings (SSSR count). The van der Waals surface area contributed by atoms with Crippen LogP contribution in [0.4, 0.5) is 10.1 Å². The van der Waals surface area contributed by atoms with E-state index in [1.54, 1.807) is 18.2 Å². The summed E-state index contributed by atoms with van der Waals surface area (Å²) in [6, 6.07) is 9.53. The van der Waals surface area contributed by atoms with Crippen molar-refractivity contribution in [3.8, 4) is 5.75 Å². The number of hydrogen-bond acceptors (Lipinski definition) is 6. The number of fused-ring (bicyclic) bond motifs is 1. The van der Waals surface area contributed by atoms with E-state index in [0.717, 1.165) is 5.39 Å². The van der Waals surface area contributed by atoms with Gasteiger partial charge in [-0.2, -0.15) is 8.42 Å². The molecule has 2 aromatic carbocycles. The molecule has 8 nitrogen and oxygen atoms in total. The lowest BCUT2D eigenvalue weighted by Crippen LogP contribution is -2.27. The van der Waals surface area contributed by atoms with E-state index in [4.69, 9.17) is 9.15 Å². The molecule has 0 amide bonds. The van der Waals surface area contributed by atoms with Crippen molar-refractivity contribution in [3.63, 3.8) is 0 Å². The molecular weight excluding hydrogens is 425 g/mol. The van der Waals surface area contributed by atoms with Gasteiger partial charge in [0.15, 0.2) is 5.82 Å². The Morgan fingerprint density at radius 1 is 1.16 bits per heavy atom. The van der Waals surface area contributed by atoms with Gasteiger partial charge in [0.1, 0.15) is 11.3 Å². The molecule has 1 heterocycles. The first-order chi connectivity index (χ1) is 14.6. The van der Waals surface area contributed by atoms with Gasteiger partial charge in [-0.3, -0.25) is 4.72 Å². The number of rotatable bonds is 8. The molecule has 0 bridgehead atoms. The third-order valence-electron chi connectivity index (χ3n) is 4.76. The van der Waals surface area contributed by atoms with Crippen molar-refractivity contribution in [1.29, 1.82) is 0 Å². The highest BCUT2D eigenvalue weighted by Crippen LogP contribution is 2.28. The van der Waals surface area contributed by atoms with Crippen LogP contribution in [0.5, 0.6) is 5.75 Å². The first-order valence-electron chi connectivity index (χ1n) is 9.41. The molecule has 0 fully saturated rings. The number of nitrogens with one attached hydrogen (secondary N) is 2. The average Bonchev–Trinajstić information content (AvgIpc) is 2.72. The second-order valence-electron chi connectivity index (χ2n) is 7.21. The van der Waals surface area contributed by atoms with Gasteiger partial charge >= 0.3 is 5.63 Å². The largest absolute Gasteiger partial charge is 0.497 e. The van der Waals surface area contributed by atoms with Gasteiger partial charge in [-0.1, -0.05) is 12.1 Å². The Balaban J connectivity index is 2.13. The molecule has 0 aliphatic carbocycles. The molecule has 0 saturated carbocycles. The quantitative estimate of drug-likeness (QED) is 0.513. The zero-order valence-electron chi connectivity index (χ0n) is 17.7. The van der Waals surface area contributed by atoms with Crippen LogP contribution in [0.3, 0.4) is 0 Å². The predicted molar refractivity (Wildman–Crippen MR) is 117 cm³/mol.